The first-order chi connectivity index (χ1) is 10.2. The van der Waals surface area contributed by atoms with E-state index in [0.717, 1.165) is 53.9 Å². The predicted molar refractivity (Wildman–Crippen MR) is 87.7 cm³/mol. The van der Waals surface area contributed by atoms with Crippen LogP contribution in [-0.4, -0.2) is 20.3 Å². The maximum atomic E-state index is 8.48. The van der Waals surface area contributed by atoms with Crippen molar-refractivity contribution in [1.29, 1.82) is 5.26 Å². The second-order valence-corrected chi connectivity index (χ2v) is 5.60. The van der Waals surface area contributed by atoms with Gasteiger partial charge in [0.05, 0.1) is 24.3 Å². The van der Waals surface area contributed by atoms with Crippen LogP contribution in [0.4, 0.5) is 0 Å². The quantitative estimate of drug-likeness (QED) is 0.644. The van der Waals surface area contributed by atoms with E-state index < -0.39 is 0 Å². The van der Waals surface area contributed by atoms with Gasteiger partial charge in [-0.2, -0.15) is 5.26 Å². The largest absolute Gasteiger partial charge is 0.493 e. The van der Waals surface area contributed by atoms with Crippen molar-refractivity contribution in [2.75, 3.05) is 20.3 Å². The van der Waals surface area contributed by atoms with E-state index in [1.165, 1.54) is 0 Å². The van der Waals surface area contributed by atoms with E-state index in [1.54, 1.807) is 7.11 Å². The third kappa shape index (κ3) is 6.36. The normalized spacial score (nSPS) is 10.2. The second kappa shape index (κ2) is 10.5. The van der Waals surface area contributed by atoms with Gasteiger partial charge < -0.3 is 14.8 Å². The van der Waals surface area contributed by atoms with Crippen molar-refractivity contribution in [2.24, 2.45) is 0 Å². The molecular formula is C16H23BrN2O2. The highest BCUT2D eigenvalue weighted by Gasteiger charge is 2.11. The maximum absolute atomic E-state index is 8.48. The van der Waals surface area contributed by atoms with Gasteiger partial charge in [-0.3, -0.25) is 0 Å². The zero-order valence-corrected chi connectivity index (χ0v) is 14.3. The fourth-order valence-corrected chi connectivity index (χ4v) is 2.51. The Hall–Kier alpha value is -1.25. The lowest BCUT2D eigenvalue weighted by molar-refractivity contribution is 0.292. The second-order valence-electron chi connectivity index (χ2n) is 4.75. The summed E-state index contributed by atoms with van der Waals surface area (Å²) in [7, 11) is 1.65. The van der Waals surface area contributed by atoms with Crippen molar-refractivity contribution in [3.63, 3.8) is 0 Å². The molecule has 1 N–H and O–H groups in total. The number of nitrogens with zero attached hydrogens (tertiary/aromatic N) is 1. The molecule has 0 aliphatic rings. The van der Waals surface area contributed by atoms with Crippen LogP contribution in [-0.2, 0) is 6.54 Å². The molecule has 21 heavy (non-hydrogen) atoms. The topological polar surface area (TPSA) is 54.3 Å². The summed E-state index contributed by atoms with van der Waals surface area (Å²) < 4.78 is 12.0. The smallest absolute Gasteiger partial charge is 0.175 e. The monoisotopic (exact) mass is 354 g/mol. The minimum Gasteiger partial charge on any atom is -0.493 e. The highest BCUT2D eigenvalue weighted by Crippen LogP contribution is 2.36. The summed E-state index contributed by atoms with van der Waals surface area (Å²) in [4.78, 5) is 0. The molecule has 0 saturated heterocycles. The molecule has 5 heteroatoms. The Balaban J connectivity index is 2.56. The van der Waals surface area contributed by atoms with Crippen molar-refractivity contribution >= 4 is 15.9 Å². The number of hydrogen-bond donors (Lipinski definition) is 1. The lowest BCUT2D eigenvalue weighted by Crippen LogP contribution is -2.14. The van der Waals surface area contributed by atoms with Crippen LogP contribution in [0, 0.1) is 11.3 Å². The Morgan fingerprint density at radius 3 is 2.81 bits per heavy atom. The lowest BCUT2D eigenvalue weighted by Gasteiger charge is -2.14. The number of nitriles is 1. The third-order valence-electron chi connectivity index (χ3n) is 2.96. The van der Waals surface area contributed by atoms with Crippen LogP contribution in [0.25, 0.3) is 0 Å². The van der Waals surface area contributed by atoms with Gasteiger partial charge in [-0.05, 0) is 59.4 Å². The molecule has 0 aliphatic heterocycles. The average Bonchev–Trinajstić information content (AvgIpc) is 2.49. The van der Waals surface area contributed by atoms with Gasteiger partial charge in [0.1, 0.15) is 0 Å². The fourth-order valence-electron chi connectivity index (χ4n) is 1.91. The van der Waals surface area contributed by atoms with Gasteiger partial charge in [0.25, 0.3) is 0 Å². The molecule has 0 spiro atoms. The van der Waals surface area contributed by atoms with Crippen LogP contribution in [0.2, 0.25) is 0 Å². The molecule has 0 aromatic heterocycles. The number of hydrogen-bond acceptors (Lipinski definition) is 4. The molecular weight excluding hydrogens is 332 g/mol. The summed E-state index contributed by atoms with van der Waals surface area (Å²) in [5.41, 5.74) is 1.14. The summed E-state index contributed by atoms with van der Waals surface area (Å²) >= 11 is 3.54. The number of unbranched alkanes of at least 4 members (excludes halogenated alkanes) is 2. The molecule has 4 nitrogen and oxygen atoms in total. The van der Waals surface area contributed by atoms with Gasteiger partial charge in [-0.15, -0.1) is 0 Å². The molecule has 0 atom stereocenters. The van der Waals surface area contributed by atoms with Crippen LogP contribution in [0.1, 0.15) is 38.2 Å². The van der Waals surface area contributed by atoms with Crippen LogP contribution >= 0.6 is 15.9 Å². The molecule has 1 rings (SSSR count). The van der Waals surface area contributed by atoms with Gasteiger partial charge in [-0.1, -0.05) is 6.92 Å². The van der Waals surface area contributed by atoms with Gasteiger partial charge in [0.15, 0.2) is 11.5 Å². The summed E-state index contributed by atoms with van der Waals surface area (Å²) in [6.45, 7) is 4.43. The van der Waals surface area contributed by atoms with E-state index >= 15 is 0 Å². The Bertz CT molecular complexity index is 472. The van der Waals surface area contributed by atoms with E-state index in [-0.39, 0.29) is 0 Å². The summed E-state index contributed by atoms with van der Waals surface area (Å²) in [5.74, 6) is 1.51. The zero-order valence-electron chi connectivity index (χ0n) is 12.7. The lowest BCUT2D eigenvalue weighted by atomic mass is 10.2. The molecule has 1 aromatic rings. The molecule has 0 unspecified atom stereocenters. The Morgan fingerprint density at radius 1 is 1.33 bits per heavy atom. The SMILES string of the molecule is CCCOc1c(Br)cc(CNCCCCC#N)cc1OC. The fraction of sp³-hybridized carbons (Fsp3) is 0.562. The van der Waals surface area contributed by atoms with Crippen molar-refractivity contribution in [1.82, 2.24) is 5.32 Å². The first-order valence-corrected chi connectivity index (χ1v) is 8.09. The van der Waals surface area contributed by atoms with E-state index in [1.807, 2.05) is 6.07 Å². The van der Waals surface area contributed by atoms with E-state index in [0.29, 0.717) is 13.0 Å². The van der Waals surface area contributed by atoms with E-state index in [4.69, 9.17) is 14.7 Å². The van der Waals surface area contributed by atoms with Crippen LogP contribution < -0.4 is 14.8 Å². The number of methoxy groups -OCH3 is 1. The summed E-state index contributed by atoms with van der Waals surface area (Å²) in [6.07, 6.45) is 3.55. The first kappa shape index (κ1) is 17.8. The molecule has 0 heterocycles. The van der Waals surface area contributed by atoms with Gasteiger partial charge in [0.2, 0.25) is 0 Å². The highest BCUT2D eigenvalue weighted by atomic mass is 79.9. The van der Waals surface area contributed by atoms with Crippen LogP contribution in [0.15, 0.2) is 16.6 Å². The highest BCUT2D eigenvalue weighted by molar-refractivity contribution is 9.10. The Kier molecular flexibility index (Phi) is 8.88. The number of ether oxygens (including phenoxy) is 2. The molecule has 1 aromatic carbocycles. The summed E-state index contributed by atoms with van der Waals surface area (Å²) in [6, 6.07) is 6.21. The Morgan fingerprint density at radius 2 is 2.14 bits per heavy atom. The molecule has 0 amide bonds. The molecule has 0 fully saturated rings. The number of rotatable bonds is 10. The van der Waals surface area contributed by atoms with Crippen molar-refractivity contribution in [3.05, 3.63) is 22.2 Å². The maximum Gasteiger partial charge on any atom is 0.175 e. The van der Waals surface area contributed by atoms with Crippen molar-refractivity contribution < 1.29 is 9.47 Å². The van der Waals surface area contributed by atoms with E-state index in [2.05, 4.69) is 40.3 Å². The standard InChI is InChI=1S/C16H23BrN2O2/c1-3-9-21-16-14(17)10-13(11-15(16)20-2)12-19-8-6-4-5-7-18/h10-11,19H,3-6,8-9,12H2,1-2H3. The summed E-state index contributed by atoms with van der Waals surface area (Å²) in [5, 5.41) is 11.9. The molecule has 0 radical (unpaired) electrons. The van der Waals surface area contributed by atoms with E-state index in [9.17, 15) is 0 Å². The molecule has 116 valence electrons. The average molecular weight is 355 g/mol. The van der Waals surface area contributed by atoms with Gasteiger partial charge >= 0.3 is 0 Å². The number of halogens is 1. The number of benzene rings is 1. The minimum absolute atomic E-state index is 0.629. The van der Waals surface area contributed by atoms with Crippen molar-refractivity contribution in [2.45, 2.75) is 39.2 Å². The van der Waals surface area contributed by atoms with Gasteiger partial charge in [0, 0.05) is 13.0 Å². The first-order valence-electron chi connectivity index (χ1n) is 7.29. The number of nitrogens with one attached hydrogen (secondary N) is 1. The Labute approximate surface area is 135 Å². The third-order valence-corrected chi connectivity index (χ3v) is 3.55. The van der Waals surface area contributed by atoms with Crippen LogP contribution in [0.5, 0.6) is 11.5 Å². The van der Waals surface area contributed by atoms with Crippen LogP contribution in [0.3, 0.4) is 0 Å². The molecule has 0 aliphatic carbocycles. The van der Waals surface area contributed by atoms with Crippen molar-refractivity contribution in [3.8, 4) is 17.6 Å². The molecule has 0 bridgehead atoms. The minimum atomic E-state index is 0.629. The zero-order chi connectivity index (χ0) is 15.5. The van der Waals surface area contributed by atoms with Gasteiger partial charge in [-0.25, -0.2) is 0 Å². The predicted octanol–water partition coefficient (Wildman–Crippen LogP) is 4.03. The molecule has 0 saturated carbocycles.